The molecule has 0 spiro atoms. The zero-order valence-corrected chi connectivity index (χ0v) is 43.8. The Kier molecular flexibility index (Phi) is 24.5. The van der Waals surface area contributed by atoms with Crippen molar-refractivity contribution in [2.75, 3.05) is 116 Å². The summed E-state index contributed by atoms with van der Waals surface area (Å²) >= 11 is 1.84. The second-order valence-corrected chi connectivity index (χ2v) is 19.3. The summed E-state index contributed by atoms with van der Waals surface area (Å²) in [6.45, 7) is 12.0. The maximum absolute atomic E-state index is 13.6. The molecule has 0 bridgehead atoms. The molecule has 6 rings (SSSR count). The number of aryl methyl sites for hydroxylation is 2. The summed E-state index contributed by atoms with van der Waals surface area (Å²) in [5.74, 6) is 0.864. The maximum atomic E-state index is 13.6. The summed E-state index contributed by atoms with van der Waals surface area (Å²) in [5, 5.41) is 2.92. The first-order chi connectivity index (χ1) is 35.6. The summed E-state index contributed by atoms with van der Waals surface area (Å²) in [5.41, 5.74) is 6.04. The lowest BCUT2D eigenvalue weighted by molar-refractivity contribution is -0.125. The fourth-order valence-electron chi connectivity index (χ4n) is 8.80. The van der Waals surface area contributed by atoms with Crippen LogP contribution in [0.2, 0.25) is 0 Å². The van der Waals surface area contributed by atoms with Crippen LogP contribution in [0.15, 0.2) is 84.9 Å². The number of carbonyl (C=O) groups is 4. The number of pyridine rings is 2. The van der Waals surface area contributed by atoms with Gasteiger partial charge in [-0.3, -0.25) is 19.4 Å². The number of benzene rings is 2. The molecule has 1 aliphatic carbocycles. The molecule has 17 nitrogen and oxygen atoms in total. The quantitative estimate of drug-likeness (QED) is 0.0795. The predicted molar refractivity (Wildman–Crippen MR) is 279 cm³/mol. The van der Waals surface area contributed by atoms with E-state index in [-0.39, 0.29) is 48.3 Å². The number of nitrogens with zero attached hydrogens (tertiary/aromatic N) is 5. The number of para-hydroxylation sites is 1. The first-order valence-corrected chi connectivity index (χ1v) is 26.5. The number of amides is 2. The smallest absolute Gasteiger partial charge is 0.356 e. The number of ether oxygens (including phenoxy) is 7. The van der Waals surface area contributed by atoms with Gasteiger partial charge in [0.1, 0.15) is 11.4 Å². The SMILES string of the molecule is COC(=O)c1cccc(CN2CCOCCOCCN(Cc3cccc(C(=O)OC)n3)CCOC3CC(CSCCOCCNC(=O)CCC(=O)N(Cc4ccccc4C)c4ccccc4C)CC3OCC2)n1. The highest BCUT2D eigenvalue weighted by Gasteiger charge is 2.36. The van der Waals surface area contributed by atoms with Gasteiger partial charge in [0, 0.05) is 70.1 Å². The number of thioether (sulfide) groups is 1. The summed E-state index contributed by atoms with van der Waals surface area (Å²) in [7, 11) is 2.69. The van der Waals surface area contributed by atoms with E-state index < -0.39 is 11.9 Å². The molecule has 2 amide bonds. The Bertz CT molecular complexity index is 2250. The lowest BCUT2D eigenvalue weighted by Crippen LogP contribution is -2.36. The number of anilines is 1. The van der Waals surface area contributed by atoms with E-state index in [1.165, 1.54) is 14.2 Å². The van der Waals surface area contributed by atoms with Crippen molar-refractivity contribution in [3.63, 3.8) is 0 Å². The third kappa shape index (κ3) is 19.5. The van der Waals surface area contributed by atoms with Gasteiger partial charge < -0.3 is 43.4 Å². The highest BCUT2D eigenvalue weighted by atomic mass is 32.2. The molecule has 3 heterocycles. The molecule has 2 aliphatic rings. The number of carbonyl (C=O) groups excluding carboxylic acids is 4. The zero-order chi connectivity index (χ0) is 51.6. The van der Waals surface area contributed by atoms with Crippen LogP contribution in [-0.2, 0) is 62.4 Å². The number of rotatable bonds is 20. The van der Waals surface area contributed by atoms with Crippen molar-refractivity contribution in [2.45, 2.75) is 71.4 Å². The highest BCUT2D eigenvalue weighted by molar-refractivity contribution is 7.99. The summed E-state index contributed by atoms with van der Waals surface area (Å²) in [6, 6.07) is 26.6. The second-order valence-electron chi connectivity index (χ2n) is 18.2. The van der Waals surface area contributed by atoms with Gasteiger partial charge in [-0.05, 0) is 85.4 Å². The van der Waals surface area contributed by atoms with E-state index in [1.54, 1.807) is 17.0 Å². The Hall–Kier alpha value is -5.31. The third-order valence-corrected chi connectivity index (χ3v) is 14.0. The minimum absolute atomic E-state index is 0.0942. The first kappa shape index (κ1) is 57.0. The molecule has 2 unspecified atom stereocenters. The molecule has 2 aromatic heterocycles. The van der Waals surface area contributed by atoms with E-state index in [0.717, 1.165) is 58.1 Å². The second kappa shape index (κ2) is 31.4. The molecule has 18 heteroatoms. The molecular formula is C55H74N6O11S. The maximum Gasteiger partial charge on any atom is 0.356 e. The van der Waals surface area contributed by atoms with Gasteiger partial charge in [0.25, 0.3) is 0 Å². The number of esters is 2. The van der Waals surface area contributed by atoms with Gasteiger partial charge >= 0.3 is 11.9 Å². The number of nitrogens with one attached hydrogen (secondary N) is 1. The van der Waals surface area contributed by atoms with Gasteiger partial charge in [-0.1, -0.05) is 54.6 Å². The van der Waals surface area contributed by atoms with Gasteiger partial charge in [0.05, 0.1) is 97.2 Å². The lowest BCUT2D eigenvalue weighted by Gasteiger charge is -2.27. The van der Waals surface area contributed by atoms with E-state index in [0.29, 0.717) is 111 Å². The molecule has 1 saturated heterocycles. The van der Waals surface area contributed by atoms with Gasteiger partial charge in [0.15, 0.2) is 0 Å². The first-order valence-electron chi connectivity index (χ1n) is 25.3. The standard InChI is InChI=1S/C55H74N6O11S/c1-41-11-5-7-13-44(41)37-61(49-18-8-6-12-42(49)2)53(63)20-19-52(62)56-21-26-68-33-34-73-40-43-35-50-51(36-43)72-30-25-60(39-46-15-10-17-48(58-46)55(65)67-4)23-28-70-32-31-69-27-22-59(24-29-71-50)38-45-14-9-16-47(57-45)54(64)66-3/h5-18,43,50-51H,19-40H2,1-4H3,(H,56,62). The number of methoxy groups -OCH3 is 2. The van der Waals surface area contributed by atoms with Crippen LogP contribution < -0.4 is 10.2 Å². The summed E-state index contributed by atoms with van der Waals surface area (Å²) in [6.07, 6.45) is 1.70. The predicted octanol–water partition coefficient (Wildman–Crippen LogP) is 6.08. The van der Waals surface area contributed by atoms with Crippen LogP contribution in [0.3, 0.4) is 0 Å². The molecule has 0 radical (unpaired) electrons. The fraction of sp³-hybridized carbons (Fsp3) is 0.527. The largest absolute Gasteiger partial charge is 0.464 e. The number of fused-ring (bicyclic) bond motifs is 1. The van der Waals surface area contributed by atoms with Crippen molar-refractivity contribution in [3.8, 4) is 0 Å². The Labute approximate surface area is 434 Å². The minimum Gasteiger partial charge on any atom is -0.464 e. The monoisotopic (exact) mass is 1030 g/mol. The molecule has 4 aromatic rings. The van der Waals surface area contributed by atoms with Crippen molar-refractivity contribution in [3.05, 3.63) is 124 Å². The number of aromatic nitrogens is 2. The molecule has 2 atom stereocenters. The molecule has 396 valence electrons. The van der Waals surface area contributed by atoms with Gasteiger partial charge in [-0.15, -0.1) is 0 Å². The molecule has 2 fully saturated rings. The summed E-state index contributed by atoms with van der Waals surface area (Å²) < 4.78 is 41.0. The van der Waals surface area contributed by atoms with Crippen molar-refractivity contribution in [1.82, 2.24) is 25.1 Å². The minimum atomic E-state index is -0.479. The molecule has 1 aliphatic heterocycles. The van der Waals surface area contributed by atoms with Crippen LogP contribution >= 0.6 is 11.8 Å². The van der Waals surface area contributed by atoms with Crippen molar-refractivity contribution >= 4 is 41.2 Å². The Morgan fingerprint density at radius 3 is 1.81 bits per heavy atom. The van der Waals surface area contributed by atoms with E-state index in [4.69, 9.17) is 33.2 Å². The van der Waals surface area contributed by atoms with E-state index in [9.17, 15) is 19.2 Å². The number of hydrogen-bond acceptors (Lipinski definition) is 16. The molecular weight excluding hydrogens is 953 g/mol. The van der Waals surface area contributed by atoms with E-state index in [2.05, 4.69) is 25.1 Å². The van der Waals surface area contributed by atoms with Crippen LogP contribution in [-0.4, -0.2) is 167 Å². The zero-order valence-electron chi connectivity index (χ0n) is 43.0. The molecule has 2 aromatic carbocycles. The topological polar surface area (TPSA) is 180 Å². The van der Waals surface area contributed by atoms with Crippen LogP contribution in [0, 0.1) is 19.8 Å². The summed E-state index contributed by atoms with van der Waals surface area (Å²) in [4.78, 5) is 66.1. The average molecular weight is 1030 g/mol. The highest BCUT2D eigenvalue weighted by Crippen LogP contribution is 2.33. The van der Waals surface area contributed by atoms with E-state index in [1.807, 2.05) is 98.4 Å². The lowest BCUT2D eigenvalue weighted by atomic mass is 10.1. The van der Waals surface area contributed by atoms with Gasteiger partial charge in [0.2, 0.25) is 11.8 Å². The van der Waals surface area contributed by atoms with Crippen LogP contribution in [0.25, 0.3) is 0 Å². The normalized spacial score (nSPS) is 18.7. The Morgan fingerprint density at radius 2 is 1.23 bits per heavy atom. The van der Waals surface area contributed by atoms with Crippen LogP contribution in [0.5, 0.6) is 0 Å². The van der Waals surface area contributed by atoms with Crippen molar-refractivity contribution in [1.29, 1.82) is 0 Å². The van der Waals surface area contributed by atoms with Gasteiger partial charge in [-0.25, -0.2) is 19.6 Å². The van der Waals surface area contributed by atoms with Crippen LogP contribution in [0.4, 0.5) is 5.69 Å². The van der Waals surface area contributed by atoms with E-state index >= 15 is 0 Å². The van der Waals surface area contributed by atoms with Crippen LogP contribution in [0.1, 0.15) is 74.7 Å². The molecule has 1 N–H and O–H groups in total. The molecule has 1 saturated carbocycles. The van der Waals surface area contributed by atoms with Gasteiger partial charge in [-0.2, -0.15) is 11.8 Å². The van der Waals surface area contributed by atoms with Crippen molar-refractivity contribution < 1.29 is 52.3 Å². The van der Waals surface area contributed by atoms with Crippen molar-refractivity contribution in [2.24, 2.45) is 5.92 Å². The Balaban J connectivity index is 0.966. The fourth-order valence-corrected chi connectivity index (χ4v) is 9.81. The molecule has 73 heavy (non-hydrogen) atoms. The Morgan fingerprint density at radius 1 is 0.671 bits per heavy atom. The average Bonchev–Trinajstić information content (AvgIpc) is 3.79. The number of hydrogen-bond donors (Lipinski definition) is 1. The third-order valence-electron chi connectivity index (χ3n) is 12.8.